The molecule has 21 heavy (non-hydrogen) atoms. The van der Waals surface area contributed by atoms with Crippen LogP contribution in [0.5, 0.6) is 0 Å². The lowest BCUT2D eigenvalue weighted by molar-refractivity contribution is -0.140. The van der Waals surface area contributed by atoms with Gasteiger partial charge in [0.1, 0.15) is 0 Å². The van der Waals surface area contributed by atoms with Crippen molar-refractivity contribution < 1.29 is 19.5 Å². The highest BCUT2D eigenvalue weighted by atomic mass is 16.4. The van der Waals surface area contributed by atoms with Crippen molar-refractivity contribution in [2.45, 2.75) is 18.9 Å². The molecule has 1 atom stereocenters. The van der Waals surface area contributed by atoms with E-state index in [0.29, 0.717) is 18.8 Å². The summed E-state index contributed by atoms with van der Waals surface area (Å²) < 4.78 is 0. The summed E-state index contributed by atoms with van der Waals surface area (Å²) in [5.41, 5.74) is 0.595. The molecular formula is C15H16N2O4. The Kier molecular flexibility index (Phi) is 3.47. The summed E-state index contributed by atoms with van der Waals surface area (Å²) in [4.78, 5) is 38.3. The molecule has 0 aliphatic carbocycles. The van der Waals surface area contributed by atoms with Crippen LogP contribution in [0, 0.1) is 5.92 Å². The fourth-order valence-electron chi connectivity index (χ4n) is 2.99. The molecule has 1 aromatic carbocycles. The molecule has 2 aliphatic heterocycles. The van der Waals surface area contributed by atoms with Crippen LogP contribution < -0.4 is 4.90 Å². The fourth-order valence-corrected chi connectivity index (χ4v) is 2.99. The van der Waals surface area contributed by atoms with Gasteiger partial charge in [-0.05, 0) is 18.1 Å². The lowest BCUT2D eigenvalue weighted by Gasteiger charge is -2.41. The average molecular weight is 288 g/mol. The standard InChI is InChI=1S/C15H16N2O4/c18-13-7-12(16-8-10(9-16)6-14(19)20)15(21)17(13)11-4-2-1-3-5-11/h1-5,10,12H,6-9H2,(H,19,20). The summed E-state index contributed by atoms with van der Waals surface area (Å²) in [5.74, 6) is -1.14. The van der Waals surface area contributed by atoms with Crippen molar-refractivity contribution in [3.05, 3.63) is 30.3 Å². The molecule has 0 bridgehead atoms. The lowest BCUT2D eigenvalue weighted by atomic mass is 9.94. The number of hydrogen-bond acceptors (Lipinski definition) is 4. The molecule has 6 nitrogen and oxygen atoms in total. The second kappa shape index (κ2) is 5.29. The molecule has 0 saturated carbocycles. The number of carbonyl (C=O) groups is 3. The first-order valence-corrected chi connectivity index (χ1v) is 6.94. The fraction of sp³-hybridized carbons (Fsp3) is 0.400. The van der Waals surface area contributed by atoms with Crippen molar-refractivity contribution in [2.24, 2.45) is 5.92 Å². The quantitative estimate of drug-likeness (QED) is 0.826. The van der Waals surface area contributed by atoms with E-state index in [0.717, 1.165) is 0 Å². The molecule has 1 unspecified atom stereocenters. The van der Waals surface area contributed by atoms with Gasteiger partial charge in [0.25, 0.3) is 5.91 Å². The number of anilines is 1. The number of carboxylic acid groups (broad SMARTS) is 1. The van der Waals surface area contributed by atoms with Crippen LogP contribution in [0.15, 0.2) is 30.3 Å². The Morgan fingerprint density at radius 2 is 1.86 bits per heavy atom. The largest absolute Gasteiger partial charge is 0.481 e. The Morgan fingerprint density at radius 1 is 1.19 bits per heavy atom. The summed E-state index contributed by atoms with van der Waals surface area (Å²) in [6.07, 6.45) is 0.293. The van der Waals surface area contributed by atoms with Gasteiger partial charge >= 0.3 is 5.97 Å². The van der Waals surface area contributed by atoms with Crippen LogP contribution in [0.1, 0.15) is 12.8 Å². The topological polar surface area (TPSA) is 77.9 Å². The van der Waals surface area contributed by atoms with E-state index >= 15 is 0 Å². The zero-order chi connectivity index (χ0) is 15.0. The third-order valence-electron chi connectivity index (χ3n) is 4.03. The zero-order valence-corrected chi connectivity index (χ0v) is 11.4. The van der Waals surface area contributed by atoms with E-state index in [2.05, 4.69) is 0 Å². The van der Waals surface area contributed by atoms with Crippen LogP contribution in [-0.4, -0.2) is 46.9 Å². The van der Waals surface area contributed by atoms with E-state index < -0.39 is 12.0 Å². The highest BCUT2D eigenvalue weighted by Crippen LogP contribution is 2.30. The Labute approximate surface area is 122 Å². The molecule has 0 aromatic heterocycles. The van der Waals surface area contributed by atoms with Gasteiger partial charge in [-0.2, -0.15) is 0 Å². The van der Waals surface area contributed by atoms with Gasteiger partial charge in [-0.15, -0.1) is 0 Å². The normalized spacial score (nSPS) is 23.4. The predicted octanol–water partition coefficient (Wildman–Crippen LogP) is 0.725. The molecule has 2 heterocycles. The first kappa shape index (κ1) is 13.8. The second-order valence-electron chi connectivity index (χ2n) is 5.54. The van der Waals surface area contributed by atoms with E-state index in [-0.39, 0.29) is 30.6 Å². The highest BCUT2D eigenvalue weighted by molar-refractivity contribution is 6.22. The molecular weight excluding hydrogens is 272 g/mol. The number of nitrogens with zero attached hydrogens (tertiary/aromatic N) is 2. The van der Waals surface area contributed by atoms with Crippen LogP contribution in [-0.2, 0) is 14.4 Å². The summed E-state index contributed by atoms with van der Waals surface area (Å²) >= 11 is 0. The molecule has 2 amide bonds. The summed E-state index contributed by atoms with van der Waals surface area (Å²) in [6, 6.07) is 8.44. The van der Waals surface area contributed by atoms with Crippen molar-refractivity contribution in [1.29, 1.82) is 0 Å². The monoisotopic (exact) mass is 288 g/mol. The van der Waals surface area contributed by atoms with Gasteiger partial charge in [0.05, 0.1) is 24.6 Å². The van der Waals surface area contributed by atoms with Crippen molar-refractivity contribution in [1.82, 2.24) is 4.90 Å². The SMILES string of the molecule is O=C(O)CC1CN(C2CC(=O)N(c3ccccc3)C2=O)C1. The lowest BCUT2D eigenvalue weighted by Crippen LogP contribution is -2.55. The van der Waals surface area contributed by atoms with Crippen LogP contribution in [0.3, 0.4) is 0 Å². The molecule has 0 spiro atoms. The Balaban J connectivity index is 1.67. The predicted molar refractivity (Wildman–Crippen MR) is 74.7 cm³/mol. The Hall–Kier alpha value is -2.21. The van der Waals surface area contributed by atoms with Crippen LogP contribution in [0.2, 0.25) is 0 Å². The number of hydrogen-bond donors (Lipinski definition) is 1. The number of benzene rings is 1. The average Bonchev–Trinajstić information content (AvgIpc) is 2.69. The third-order valence-corrected chi connectivity index (χ3v) is 4.03. The van der Waals surface area contributed by atoms with Crippen LogP contribution >= 0.6 is 0 Å². The maximum Gasteiger partial charge on any atom is 0.303 e. The maximum absolute atomic E-state index is 12.4. The van der Waals surface area contributed by atoms with Crippen LogP contribution in [0.25, 0.3) is 0 Å². The number of carbonyl (C=O) groups excluding carboxylic acids is 2. The number of likely N-dealkylation sites (tertiary alicyclic amines) is 1. The van der Waals surface area contributed by atoms with Gasteiger partial charge in [0, 0.05) is 13.1 Å². The molecule has 1 N–H and O–H groups in total. The summed E-state index contributed by atoms with van der Waals surface area (Å²) in [6.45, 7) is 1.14. The minimum Gasteiger partial charge on any atom is -0.481 e. The number of para-hydroxylation sites is 1. The van der Waals surface area contributed by atoms with Crippen molar-refractivity contribution in [3.8, 4) is 0 Å². The minimum atomic E-state index is -0.820. The van der Waals surface area contributed by atoms with Gasteiger partial charge in [0.2, 0.25) is 5.91 Å². The van der Waals surface area contributed by atoms with Gasteiger partial charge in [-0.1, -0.05) is 18.2 Å². The molecule has 2 saturated heterocycles. The van der Waals surface area contributed by atoms with Gasteiger partial charge in [-0.25, -0.2) is 4.90 Å². The van der Waals surface area contributed by atoms with E-state index in [9.17, 15) is 14.4 Å². The van der Waals surface area contributed by atoms with Crippen molar-refractivity contribution in [3.63, 3.8) is 0 Å². The molecule has 110 valence electrons. The van der Waals surface area contributed by atoms with Crippen LogP contribution in [0.4, 0.5) is 5.69 Å². The Bertz CT molecular complexity index is 581. The number of carboxylic acids is 1. The molecule has 1 aromatic rings. The van der Waals surface area contributed by atoms with Gasteiger partial charge < -0.3 is 5.11 Å². The van der Waals surface area contributed by atoms with E-state index in [1.165, 1.54) is 4.90 Å². The molecule has 6 heteroatoms. The smallest absolute Gasteiger partial charge is 0.303 e. The molecule has 3 rings (SSSR count). The minimum absolute atomic E-state index is 0.0798. The van der Waals surface area contributed by atoms with Gasteiger partial charge in [-0.3, -0.25) is 19.3 Å². The number of imide groups is 1. The highest BCUT2D eigenvalue weighted by Gasteiger charge is 2.46. The number of rotatable bonds is 4. The van der Waals surface area contributed by atoms with E-state index in [1.54, 1.807) is 24.3 Å². The van der Waals surface area contributed by atoms with E-state index in [1.807, 2.05) is 11.0 Å². The summed E-state index contributed by atoms with van der Waals surface area (Å²) in [7, 11) is 0. The number of aliphatic carboxylic acids is 1. The third kappa shape index (κ3) is 2.54. The summed E-state index contributed by atoms with van der Waals surface area (Å²) in [5, 5.41) is 8.74. The Morgan fingerprint density at radius 3 is 2.48 bits per heavy atom. The molecule has 2 aliphatic rings. The maximum atomic E-state index is 12.4. The van der Waals surface area contributed by atoms with E-state index in [4.69, 9.17) is 5.11 Å². The zero-order valence-electron chi connectivity index (χ0n) is 11.4. The molecule has 0 radical (unpaired) electrons. The molecule has 2 fully saturated rings. The first-order valence-electron chi connectivity index (χ1n) is 6.94. The van der Waals surface area contributed by atoms with Gasteiger partial charge in [0.15, 0.2) is 0 Å². The second-order valence-corrected chi connectivity index (χ2v) is 5.54. The van der Waals surface area contributed by atoms with Crippen molar-refractivity contribution in [2.75, 3.05) is 18.0 Å². The number of amides is 2. The first-order chi connectivity index (χ1) is 10.1. The van der Waals surface area contributed by atoms with Crippen molar-refractivity contribution >= 4 is 23.5 Å².